The summed E-state index contributed by atoms with van der Waals surface area (Å²) in [5.74, 6) is 2.22. The number of likely N-dealkylation sites (tertiary alicyclic amines) is 1. The lowest BCUT2D eigenvalue weighted by atomic mass is 10.0. The number of carbonyl (C=O) groups is 1. The molecular formula is C17H23N5O3. The fourth-order valence-corrected chi connectivity index (χ4v) is 3.65. The highest BCUT2D eigenvalue weighted by Crippen LogP contribution is 2.27. The van der Waals surface area contributed by atoms with E-state index in [1.165, 1.54) is 0 Å². The molecule has 25 heavy (non-hydrogen) atoms. The monoisotopic (exact) mass is 345 g/mol. The molecule has 0 spiro atoms. The Hall–Kier alpha value is -2.22. The Labute approximate surface area is 146 Å². The second-order valence-electron chi connectivity index (χ2n) is 6.89. The third-order valence-electron chi connectivity index (χ3n) is 5.14. The van der Waals surface area contributed by atoms with Crippen molar-refractivity contribution in [2.75, 3.05) is 26.3 Å². The van der Waals surface area contributed by atoms with Crippen LogP contribution in [0.4, 0.5) is 0 Å². The summed E-state index contributed by atoms with van der Waals surface area (Å²) in [5.41, 5.74) is 0.627. The number of nitrogens with zero attached hydrogens (tertiary/aromatic N) is 5. The first-order chi connectivity index (χ1) is 12.2. The van der Waals surface area contributed by atoms with Gasteiger partial charge in [-0.2, -0.15) is 10.1 Å². The maximum Gasteiger partial charge on any atom is 0.272 e. The molecule has 4 heterocycles. The van der Waals surface area contributed by atoms with Crippen LogP contribution in [0.2, 0.25) is 0 Å². The highest BCUT2D eigenvalue weighted by Gasteiger charge is 2.30. The summed E-state index contributed by atoms with van der Waals surface area (Å²) < 4.78 is 12.4. The Morgan fingerprint density at radius 3 is 2.92 bits per heavy atom. The van der Waals surface area contributed by atoms with E-state index >= 15 is 0 Å². The Kier molecular flexibility index (Phi) is 4.52. The van der Waals surface area contributed by atoms with Gasteiger partial charge in [-0.05, 0) is 31.2 Å². The summed E-state index contributed by atoms with van der Waals surface area (Å²) in [5, 5.41) is 8.22. The van der Waals surface area contributed by atoms with Gasteiger partial charge in [-0.3, -0.25) is 9.48 Å². The number of amides is 1. The molecule has 0 aliphatic carbocycles. The first-order valence-electron chi connectivity index (χ1n) is 8.88. The van der Waals surface area contributed by atoms with E-state index < -0.39 is 0 Å². The van der Waals surface area contributed by atoms with Crippen molar-refractivity contribution in [2.45, 2.75) is 31.6 Å². The maximum absolute atomic E-state index is 12.5. The maximum atomic E-state index is 12.5. The van der Waals surface area contributed by atoms with Gasteiger partial charge in [0.15, 0.2) is 5.82 Å². The number of carbonyl (C=O) groups excluding carboxylic acids is 1. The molecule has 0 aromatic carbocycles. The second kappa shape index (κ2) is 6.95. The number of aromatic nitrogens is 4. The molecule has 2 fully saturated rings. The SMILES string of the molecule is Cn1nccc1C(=O)N1CCC(Cc2noc(C3CCOCC3)n2)C1. The van der Waals surface area contributed by atoms with Crippen molar-refractivity contribution in [3.63, 3.8) is 0 Å². The van der Waals surface area contributed by atoms with E-state index in [1.54, 1.807) is 24.0 Å². The molecule has 0 radical (unpaired) electrons. The molecule has 2 aromatic rings. The van der Waals surface area contributed by atoms with Crippen molar-refractivity contribution in [1.29, 1.82) is 0 Å². The summed E-state index contributed by atoms with van der Waals surface area (Å²) in [6.07, 6.45) is 5.25. The van der Waals surface area contributed by atoms with E-state index in [4.69, 9.17) is 9.26 Å². The quantitative estimate of drug-likeness (QED) is 0.832. The second-order valence-corrected chi connectivity index (χ2v) is 6.89. The topological polar surface area (TPSA) is 86.3 Å². The van der Waals surface area contributed by atoms with E-state index in [9.17, 15) is 4.79 Å². The summed E-state index contributed by atoms with van der Waals surface area (Å²) in [4.78, 5) is 19.0. The molecule has 2 aliphatic rings. The van der Waals surface area contributed by atoms with E-state index in [2.05, 4.69) is 15.2 Å². The Bertz CT molecular complexity index is 734. The van der Waals surface area contributed by atoms with Crippen LogP contribution in [-0.4, -0.2) is 57.0 Å². The molecule has 0 bridgehead atoms. The van der Waals surface area contributed by atoms with Gasteiger partial charge in [0.25, 0.3) is 5.91 Å². The zero-order valence-electron chi connectivity index (χ0n) is 14.4. The fraction of sp³-hybridized carbons (Fsp3) is 0.647. The lowest BCUT2D eigenvalue weighted by molar-refractivity contribution is 0.0774. The van der Waals surface area contributed by atoms with Crippen molar-refractivity contribution >= 4 is 5.91 Å². The predicted molar refractivity (Wildman–Crippen MR) is 88.0 cm³/mol. The van der Waals surface area contributed by atoms with Gasteiger partial charge in [-0.25, -0.2) is 0 Å². The predicted octanol–water partition coefficient (Wildman–Crippen LogP) is 1.40. The lowest BCUT2D eigenvalue weighted by Gasteiger charge is -2.18. The molecular weight excluding hydrogens is 322 g/mol. The molecule has 2 aliphatic heterocycles. The zero-order valence-corrected chi connectivity index (χ0v) is 14.4. The smallest absolute Gasteiger partial charge is 0.272 e. The molecule has 2 saturated heterocycles. The van der Waals surface area contributed by atoms with Crippen LogP contribution in [0.5, 0.6) is 0 Å². The third kappa shape index (κ3) is 3.44. The highest BCUT2D eigenvalue weighted by molar-refractivity contribution is 5.92. The summed E-state index contributed by atoms with van der Waals surface area (Å²) in [7, 11) is 1.79. The number of hydrogen-bond acceptors (Lipinski definition) is 6. The van der Waals surface area contributed by atoms with Gasteiger partial charge in [0, 0.05) is 51.9 Å². The van der Waals surface area contributed by atoms with Crippen molar-refractivity contribution in [3.8, 4) is 0 Å². The van der Waals surface area contributed by atoms with Gasteiger partial charge >= 0.3 is 0 Å². The molecule has 0 saturated carbocycles. The standard InChI is InChI=1S/C17H23N5O3/c1-21-14(2-6-18-21)17(23)22-7-3-12(11-22)10-15-19-16(25-20-15)13-4-8-24-9-5-13/h2,6,12-13H,3-5,7-11H2,1H3. The van der Waals surface area contributed by atoms with Crippen LogP contribution in [0, 0.1) is 5.92 Å². The third-order valence-corrected chi connectivity index (χ3v) is 5.14. The molecule has 134 valence electrons. The van der Waals surface area contributed by atoms with Crippen LogP contribution in [0.1, 0.15) is 47.4 Å². The van der Waals surface area contributed by atoms with Gasteiger partial charge < -0.3 is 14.2 Å². The van der Waals surface area contributed by atoms with E-state index in [0.29, 0.717) is 17.5 Å². The first kappa shape index (κ1) is 16.3. The van der Waals surface area contributed by atoms with Crippen LogP contribution in [0.15, 0.2) is 16.8 Å². The average Bonchev–Trinajstić information content (AvgIpc) is 3.37. The first-order valence-corrected chi connectivity index (χ1v) is 8.88. The normalized spacial score (nSPS) is 21.8. The van der Waals surface area contributed by atoms with Crippen LogP contribution in [-0.2, 0) is 18.2 Å². The van der Waals surface area contributed by atoms with Gasteiger partial charge in [0.2, 0.25) is 5.89 Å². The average molecular weight is 345 g/mol. The molecule has 1 amide bonds. The molecule has 0 N–H and O–H groups in total. The van der Waals surface area contributed by atoms with Crippen LogP contribution in [0.25, 0.3) is 0 Å². The van der Waals surface area contributed by atoms with Crippen molar-refractivity contribution in [1.82, 2.24) is 24.8 Å². The summed E-state index contributed by atoms with van der Waals surface area (Å²) in [6.45, 7) is 3.01. The molecule has 1 atom stereocenters. The largest absolute Gasteiger partial charge is 0.381 e. The molecule has 1 unspecified atom stereocenters. The molecule has 4 rings (SSSR count). The van der Waals surface area contributed by atoms with Crippen LogP contribution in [0.3, 0.4) is 0 Å². The molecule has 8 heteroatoms. The fourth-order valence-electron chi connectivity index (χ4n) is 3.65. The van der Waals surface area contributed by atoms with Gasteiger partial charge in [0.05, 0.1) is 0 Å². The Balaban J connectivity index is 1.34. The van der Waals surface area contributed by atoms with Crippen molar-refractivity contribution in [3.05, 3.63) is 29.7 Å². The van der Waals surface area contributed by atoms with Crippen molar-refractivity contribution < 1.29 is 14.1 Å². The van der Waals surface area contributed by atoms with Gasteiger partial charge in [-0.1, -0.05) is 5.16 Å². The van der Waals surface area contributed by atoms with E-state index in [0.717, 1.165) is 63.7 Å². The van der Waals surface area contributed by atoms with Gasteiger partial charge in [-0.15, -0.1) is 0 Å². The Morgan fingerprint density at radius 2 is 2.16 bits per heavy atom. The van der Waals surface area contributed by atoms with Crippen LogP contribution < -0.4 is 0 Å². The zero-order chi connectivity index (χ0) is 17.2. The Morgan fingerprint density at radius 1 is 1.32 bits per heavy atom. The summed E-state index contributed by atoms with van der Waals surface area (Å²) in [6, 6.07) is 1.76. The minimum Gasteiger partial charge on any atom is -0.381 e. The van der Waals surface area contributed by atoms with Gasteiger partial charge in [0.1, 0.15) is 5.69 Å². The molecule has 2 aromatic heterocycles. The highest BCUT2D eigenvalue weighted by atomic mass is 16.5. The number of ether oxygens (including phenoxy) is 1. The number of hydrogen-bond donors (Lipinski definition) is 0. The minimum absolute atomic E-state index is 0.0403. The van der Waals surface area contributed by atoms with E-state index in [1.807, 2.05) is 4.90 Å². The van der Waals surface area contributed by atoms with Crippen molar-refractivity contribution in [2.24, 2.45) is 13.0 Å². The molecule has 8 nitrogen and oxygen atoms in total. The number of aryl methyl sites for hydroxylation is 1. The number of rotatable bonds is 4. The van der Waals surface area contributed by atoms with E-state index in [-0.39, 0.29) is 5.91 Å². The summed E-state index contributed by atoms with van der Waals surface area (Å²) >= 11 is 0. The lowest BCUT2D eigenvalue weighted by Crippen LogP contribution is -2.30. The van der Waals surface area contributed by atoms with Crippen LogP contribution >= 0.6 is 0 Å². The minimum atomic E-state index is 0.0403.